The lowest BCUT2D eigenvalue weighted by Gasteiger charge is -2.11. The number of methoxy groups -OCH3 is 2. The van der Waals surface area contributed by atoms with Crippen LogP contribution in [0.15, 0.2) is 48.5 Å². The zero-order chi connectivity index (χ0) is 15.2. The van der Waals surface area contributed by atoms with E-state index in [0.717, 1.165) is 33.8 Å². The third kappa shape index (κ3) is 3.44. The van der Waals surface area contributed by atoms with E-state index in [1.165, 1.54) is 0 Å². The Labute approximate surface area is 125 Å². The zero-order valence-corrected chi connectivity index (χ0v) is 12.6. The molecule has 0 saturated carbocycles. The van der Waals surface area contributed by atoms with Crippen LogP contribution >= 0.6 is 0 Å². The number of aliphatic hydroxyl groups is 1. The Kier molecular flexibility index (Phi) is 5.01. The third-order valence-corrected chi connectivity index (χ3v) is 3.46. The molecule has 0 amide bonds. The second kappa shape index (κ2) is 6.95. The van der Waals surface area contributed by atoms with Gasteiger partial charge in [-0.25, -0.2) is 0 Å². The predicted octanol–water partition coefficient (Wildman–Crippen LogP) is 3.77. The highest BCUT2D eigenvalue weighted by Crippen LogP contribution is 2.33. The number of benzene rings is 2. The first-order valence-corrected chi connectivity index (χ1v) is 6.80. The summed E-state index contributed by atoms with van der Waals surface area (Å²) in [5.41, 5.74) is 4.20. The van der Waals surface area contributed by atoms with Crippen LogP contribution in [0.5, 0.6) is 11.5 Å². The van der Waals surface area contributed by atoms with Crippen molar-refractivity contribution in [3.05, 3.63) is 54.1 Å². The Bertz CT molecular complexity index is 627. The van der Waals surface area contributed by atoms with E-state index in [2.05, 4.69) is 0 Å². The Morgan fingerprint density at radius 1 is 1.05 bits per heavy atom. The van der Waals surface area contributed by atoms with Crippen molar-refractivity contribution in [1.29, 1.82) is 0 Å². The average Bonchev–Trinajstić information content (AvgIpc) is 2.54. The standard InChI is InChI=1S/C18H20O3/c1-13(10-11-19)14-4-6-15(7-5-14)17-12-16(20-2)8-9-18(17)21-3/h4-10,12,19H,11H2,1-3H3/b13-10+. The Morgan fingerprint density at radius 2 is 1.76 bits per heavy atom. The van der Waals surface area contributed by atoms with Crippen LogP contribution in [0.2, 0.25) is 0 Å². The molecule has 0 spiro atoms. The summed E-state index contributed by atoms with van der Waals surface area (Å²) in [7, 11) is 3.31. The number of allylic oxidation sites excluding steroid dienone is 1. The van der Waals surface area contributed by atoms with Gasteiger partial charge in [-0.1, -0.05) is 30.3 Å². The maximum Gasteiger partial charge on any atom is 0.126 e. The number of hydrogen-bond donors (Lipinski definition) is 1. The Hall–Kier alpha value is -2.26. The van der Waals surface area contributed by atoms with Gasteiger partial charge in [0.05, 0.1) is 20.8 Å². The van der Waals surface area contributed by atoms with Crippen molar-refractivity contribution in [2.75, 3.05) is 20.8 Å². The first-order valence-electron chi connectivity index (χ1n) is 6.80. The second-order valence-electron chi connectivity index (χ2n) is 4.71. The molecule has 0 heterocycles. The van der Waals surface area contributed by atoms with Gasteiger partial charge in [-0.3, -0.25) is 0 Å². The minimum atomic E-state index is 0.0529. The van der Waals surface area contributed by atoms with Crippen LogP contribution in [-0.4, -0.2) is 25.9 Å². The van der Waals surface area contributed by atoms with Gasteiger partial charge in [-0.2, -0.15) is 0 Å². The SMILES string of the molecule is COc1ccc(OC)c(-c2ccc(/C(C)=C/CO)cc2)c1. The second-order valence-corrected chi connectivity index (χ2v) is 4.71. The molecule has 0 radical (unpaired) electrons. The molecule has 0 aliphatic rings. The van der Waals surface area contributed by atoms with Crippen molar-refractivity contribution in [2.24, 2.45) is 0 Å². The minimum Gasteiger partial charge on any atom is -0.497 e. The molecular weight excluding hydrogens is 264 g/mol. The third-order valence-electron chi connectivity index (χ3n) is 3.46. The molecule has 0 fully saturated rings. The van der Waals surface area contributed by atoms with Gasteiger partial charge >= 0.3 is 0 Å². The lowest BCUT2D eigenvalue weighted by molar-refractivity contribution is 0.343. The highest BCUT2D eigenvalue weighted by Gasteiger charge is 2.08. The molecule has 110 valence electrons. The van der Waals surface area contributed by atoms with Gasteiger partial charge in [0.2, 0.25) is 0 Å². The highest BCUT2D eigenvalue weighted by molar-refractivity contribution is 5.74. The topological polar surface area (TPSA) is 38.7 Å². The lowest BCUT2D eigenvalue weighted by atomic mass is 10.00. The summed E-state index contributed by atoms with van der Waals surface area (Å²) >= 11 is 0. The van der Waals surface area contributed by atoms with Crippen LogP contribution in [-0.2, 0) is 0 Å². The number of rotatable bonds is 5. The number of ether oxygens (including phenoxy) is 2. The molecule has 0 saturated heterocycles. The van der Waals surface area contributed by atoms with Crippen LogP contribution in [0.3, 0.4) is 0 Å². The molecule has 0 unspecified atom stereocenters. The smallest absolute Gasteiger partial charge is 0.126 e. The molecule has 21 heavy (non-hydrogen) atoms. The van der Waals surface area contributed by atoms with E-state index in [1.807, 2.05) is 49.4 Å². The van der Waals surface area contributed by atoms with Gasteiger partial charge in [0, 0.05) is 5.56 Å². The van der Waals surface area contributed by atoms with Gasteiger partial charge in [0.25, 0.3) is 0 Å². The summed E-state index contributed by atoms with van der Waals surface area (Å²) in [4.78, 5) is 0. The van der Waals surface area contributed by atoms with Crippen LogP contribution in [0.1, 0.15) is 12.5 Å². The fourth-order valence-electron chi connectivity index (χ4n) is 2.21. The van der Waals surface area contributed by atoms with Crippen molar-refractivity contribution < 1.29 is 14.6 Å². The molecule has 0 aliphatic carbocycles. The molecule has 0 aliphatic heterocycles. The minimum absolute atomic E-state index is 0.0529. The van der Waals surface area contributed by atoms with E-state index in [1.54, 1.807) is 20.3 Å². The van der Waals surface area contributed by atoms with Gasteiger partial charge in [0.15, 0.2) is 0 Å². The van der Waals surface area contributed by atoms with E-state index in [4.69, 9.17) is 14.6 Å². The van der Waals surface area contributed by atoms with Crippen molar-refractivity contribution in [3.63, 3.8) is 0 Å². The van der Waals surface area contributed by atoms with Gasteiger partial charge in [-0.15, -0.1) is 0 Å². The normalized spacial score (nSPS) is 11.3. The van der Waals surface area contributed by atoms with Gasteiger partial charge in [0.1, 0.15) is 11.5 Å². The van der Waals surface area contributed by atoms with E-state index in [0.29, 0.717) is 0 Å². The van der Waals surface area contributed by atoms with Crippen molar-refractivity contribution in [3.8, 4) is 22.6 Å². The van der Waals surface area contributed by atoms with E-state index >= 15 is 0 Å². The number of hydrogen-bond acceptors (Lipinski definition) is 3. The van der Waals surface area contributed by atoms with Gasteiger partial charge < -0.3 is 14.6 Å². The summed E-state index contributed by atoms with van der Waals surface area (Å²) < 4.78 is 10.7. The van der Waals surface area contributed by atoms with E-state index < -0.39 is 0 Å². The van der Waals surface area contributed by atoms with Crippen LogP contribution in [0.4, 0.5) is 0 Å². The summed E-state index contributed by atoms with van der Waals surface area (Å²) in [5, 5.41) is 8.95. The van der Waals surface area contributed by atoms with E-state index in [-0.39, 0.29) is 6.61 Å². The molecule has 0 bridgehead atoms. The molecule has 3 heteroatoms. The zero-order valence-electron chi connectivity index (χ0n) is 12.6. The van der Waals surface area contributed by atoms with E-state index in [9.17, 15) is 0 Å². The number of aliphatic hydroxyl groups excluding tert-OH is 1. The van der Waals surface area contributed by atoms with Crippen molar-refractivity contribution in [1.82, 2.24) is 0 Å². The predicted molar refractivity (Wildman–Crippen MR) is 85.7 cm³/mol. The van der Waals surface area contributed by atoms with Crippen molar-refractivity contribution >= 4 is 5.57 Å². The molecule has 1 N–H and O–H groups in total. The molecule has 2 rings (SSSR count). The average molecular weight is 284 g/mol. The first-order chi connectivity index (χ1) is 10.2. The Morgan fingerprint density at radius 3 is 2.33 bits per heavy atom. The summed E-state index contributed by atoms with van der Waals surface area (Å²) in [6.07, 6.45) is 1.79. The molecular formula is C18H20O3. The Balaban J connectivity index is 2.40. The molecule has 0 aromatic heterocycles. The fourth-order valence-corrected chi connectivity index (χ4v) is 2.21. The summed E-state index contributed by atoms with van der Waals surface area (Å²) in [6, 6.07) is 13.9. The molecule has 3 nitrogen and oxygen atoms in total. The van der Waals surface area contributed by atoms with Crippen LogP contribution in [0.25, 0.3) is 16.7 Å². The fraction of sp³-hybridized carbons (Fsp3) is 0.222. The van der Waals surface area contributed by atoms with Gasteiger partial charge in [-0.05, 0) is 41.8 Å². The maximum absolute atomic E-state index is 8.95. The van der Waals surface area contributed by atoms with Crippen LogP contribution < -0.4 is 9.47 Å². The molecule has 2 aromatic carbocycles. The molecule has 2 aromatic rings. The highest BCUT2D eigenvalue weighted by atomic mass is 16.5. The largest absolute Gasteiger partial charge is 0.497 e. The van der Waals surface area contributed by atoms with Crippen molar-refractivity contribution in [2.45, 2.75) is 6.92 Å². The summed E-state index contributed by atoms with van der Waals surface area (Å²) in [6.45, 7) is 2.04. The first kappa shape index (κ1) is 15.1. The lowest BCUT2D eigenvalue weighted by Crippen LogP contribution is -1.91. The van der Waals surface area contributed by atoms with Crippen LogP contribution in [0, 0.1) is 0 Å². The quantitative estimate of drug-likeness (QED) is 0.908. The molecule has 0 atom stereocenters. The summed E-state index contributed by atoms with van der Waals surface area (Å²) in [5.74, 6) is 1.61. The maximum atomic E-state index is 8.95. The monoisotopic (exact) mass is 284 g/mol.